The summed E-state index contributed by atoms with van der Waals surface area (Å²) in [4.78, 5) is 0. The molecule has 0 aliphatic heterocycles. The third-order valence-corrected chi connectivity index (χ3v) is 80.8. The molecule has 5 rings (SSSR count). The molecule has 0 fully saturated rings. The molecule has 0 saturated heterocycles. The van der Waals surface area contributed by atoms with E-state index in [1.165, 1.54) is 45.2 Å². The molecule has 3 aromatic rings. The Morgan fingerprint density at radius 3 is 1.27 bits per heavy atom. The van der Waals surface area contributed by atoms with Crippen LogP contribution in [0.4, 0.5) is 0 Å². The number of fused-ring (bicyclic) bond motifs is 2. The van der Waals surface area contributed by atoms with Crippen LogP contribution in [-0.4, -0.2) is 6.94 Å². The van der Waals surface area contributed by atoms with Crippen molar-refractivity contribution in [1.82, 2.24) is 0 Å². The topological polar surface area (TPSA) is 0 Å². The van der Waals surface area contributed by atoms with E-state index in [9.17, 15) is 0 Å². The Hall–Kier alpha value is -1.77. The molecule has 0 aromatic heterocycles. The molecule has 2 aliphatic carbocycles. The Kier molecular flexibility index (Phi) is 10.7. The third kappa shape index (κ3) is 5.72. The van der Waals surface area contributed by atoms with Crippen molar-refractivity contribution in [2.75, 3.05) is 0 Å². The number of rotatable bonds is 15. The van der Waals surface area contributed by atoms with Crippen molar-refractivity contribution in [2.24, 2.45) is 0 Å². The zero-order valence-electron chi connectivity index (χ0n) is 35.2. The van der Waals surface area contributed by atoms with Crippen molar-refractivity contribution in [3.05, 3.63) is 110 Å². The zero-order valence-corrected chi connectivity index (χ0v) is 40.2. The van der Waals surface area contributed by atoms with Crippen LogP contribution < -0.4 is 3.32 Å². The van der Waals surface area contributed by atoms with E-state index in [4.69, 9.17) is 0 Å². The normalized spacial score (nSPS) is 19.5. The summed E-state index contributed by atoms with van der Waals surface area (Å²) in [7, 11) is 0. The van der Waals surface area contributed by atoms with Gasteiger partial charge >= 0.3 is 313 Å². The monoisotopic (exact) mass is 871 g/mol. The molecule has 0 nitrogen and oxygen atoms in total. The summed E-state index contributed by atoms with van der Waals surface area (Å²) in [5.74, 6) is 1.95. The summed E-state index contributed by atoms with van der Waals surface area (Å²) in [5.41, 5.74) is 16.1. The van der Waals surface area contributed by atoms with Gasteiger partial charge in [-0.3, -0.25) is 0 Å². The van der Waals surface area contributed by atoms with Gasteiger partial charge in [0, 0.05) is 0 Å². The van der Waals surface area contributed by atoms with E-state index in [0.29, 0.717) is 31.0 Å². The standard InChI is InChI=1S/2C17H23.C6H5.2C4H9.CH3.Hf.H2Si/c2*1-6-13-7-15-9-14(11(2)3)10-16(12(4)5)17(15)8-13;1-2-4-6-5-3-1;2*1-3-4-2;;;/h2*7-12H,6H2,1-5H3;1-5H;2*1,3-4H2,2H3;1H3;;1H2. The molecule has 0 N–H and O–H groups in total. The van der Waals surface area contributed by atoms with E-state index in [2.05, 4.69) is 161 Å². The Labute approximate surface area is 310 Å². The van der Waals surface area contributed by atoms with Crippen LogP contribution in [0.5, 0.6) is 0 Å². The summed E-state index contributed by atoms with van der Waals surface area (Å²) < 4.78 is 8.35. The molecular formula is C49H74HfSi. The van der Waals surface area contributed by atoms with Gasteiger partial charge in [-0.15, -0.1) is 0 Å². The molecule has 0 radical (unpaired) electrons. The van der Waals surface area contributed by atoms with Gasteiger partial charge in [-0.05, 0) is 0 Å². The van der Waals surface area contributed by atoms with Crippen molar-refractivity contribution in [3.8, 4) is 0 Å². The van der Waals surface area contributed by atoms with Crippen LogP contribution in [0.2, 0.25) is 13.0 Å². The quantitative estimate of drug-likeness (QED) is 0.134. The molecule has 0 heterocycles. The van der Waals surface area contributed by atoms with Gasteiger partial charge in [-0.1, -0.05) is 0 Å². The van der Waals surface area contributed by atoms with Gasteiger partial charge in [0.1, 0.15) is 0 Å². The molecule has 3 aromatic carbocycles. The first kappa shape index (κ1) is 40.4. The van der Waals surface area contributed by atoms with Crippen LogP contribution in [0.3, 0.4) is 0 Å². The molecular weight excluding hydrogens is 795 g/mol. The molecule has 51 heavy (non-hydrogen) atoms. The SMILES string of the molecule is CCC[CH2][Hf]([CH3])(=[SiH2])([CH2]CCC)([c]1ccccc1)([CH]1C(CC)=Cc2c(C(C)C)cc(C(C)C)cc21)[CH]1C(CC)=Cc2c(C(C)C)cc(C(C)C)cc21. The van der Waals surface area contributed by atoms with E-state index in [1.54, 1.807) is 47.8 Å². The maximum absolute atomic E-state index is 5.86. The van der Waals surface area contributed by atoms with Crippen LogP contribution in [0, 0.1) is 0 Å². The molecule has 0 bridgehead atoms. The van der Waals surface area contributed by atoms with E-state index in [0.717, 1.165) is 12.8 Å². The van der Waals surface area contributed by atoms with Gasteiger partial charge in [0.2, 0.25) is 0 Å². The van der Waals surface area contributed by atoms with Crippen molar-refractivity contribution >= 4 is 22.4 Å². The van der Waals surface area contributed by atoms with Crippen molar-refractivity contribution in [3.63, 3.8) is 0 Å². The van der Waals surface area contributed by atoms with E-state index in [1.807, 2.05) is 0 Å². The number of unbranched alkanes of at least 4 members (excludes halogenated alkanes) is 2. The van der Waals surface area contributed by atoms with Gasteiger partial charge in [-0.25, -0.2) is 0 Å². The average Bonchev–Trinajstić information content (AvgIpc) is 3.70. The second kappa shape index (κ2) is 13.5. The number of hydrogen-bond acceptors (Lipinski definition) is 0. The van der Waals surface area contributed by atoms with Crippen LogP contribution >= 0.6 is 0 Å². The second-order valence-corrected chi connectivity index (χ2v) is 88.5. The molecule has 2 unspecified atom stereocenters. The summed E-state index contributed by atoms with van der Waals surface area (Å²) >= 11 is -5.86. The van der Waals surface area contributed by atoms with E-state index in [-0.39, 0.29) is 0 Å². The fourth-order valence-electron chi connectivity index (χ4n) is 12.7. The van der Waals surface area contributed by atoms with Crippen molar-refractivity contribution < 1.29 is 14.2 Å². The number of hydrogen-bond donors (Lipinski definition) is 0. The predicted octanol–water partition coefficient (Wildman–Crippen LogP) is 14.7. The summed E-state index contributed by atoms with van der Waals surface area (Å²) in [5, 5.41) is 0. The Bertz CT molecular complexity index is 1860. The van der Waals surface area contributed by atoms with Crippen LogP contribution in [0.25, 0.3) is 12.2 Å². The van der Waals surface area contributed by atoms with Crippen LogP contribution in [0.15, 0.2) is 65.7 Å². The summed E-state index contributed by atoms with van der Waals surface area (Å²) in [6.45, 7) is 32.0. The Balaban J connectivity index is 2.19. The minimum atomic E-state index is -5.86. The zero-order chi connectivity index (χ0) is 37.6. The fraction of sp³-hybridized carbons (Fsp3) is 0.551. The van der Waals surface area contributed by atoms with Crippen molar-refractivity contribution in [1.29, 1.82) is 0 Å². The van der Waals surface area contributed by atoms with Crippen LogP contribution in [0.1, 0.15) is 197 Å². The molecule has 2 aliphatic rings. The maximum atomic E-state index is 3.10. The van der Waals surface area contributed by atoms with Crippen LogP contribution in [-0.2, 0) is 14.2 Å². The molecule has 2 atom stereocenters. The summed E-state index contributed by atoms with van der Waals surface area (Å²) in [6, 6.07) is 23.1. The molecule has 2 heteroatoms. The molecule has 0 amide bonds. The van der Waals surface area contributed by atoms with Gasteiger partial charge < -0.3 is 0 Å². The van der Waals surface area contributed by atoms with E-state index >= 15 is 0 Å². The number of benzene rings is 3. The minimum absolute atomic E-state index is 0.417. The molecule has 278 valence electrons. The Morgan fingerprint density at radius 1 is 0.569 bits per heavy atom. The third-order valence-electron chi connectivity index (χ3n) is 15.5. The average molecular weight is 870 g/mol. The summed E-state index contributed by atoms with van der Waals surface area (Å²) in [6.07, 6.45) is 12.7. The number of allylic oxidation sites excluding steroid dienone is 2. The predicted molar refractivity (Wildman–Crippen MR) is 231 cm³/mol. The fourth-order valence-corrected chi connectivity index (χ4v) is 80.4. The van der Waals surface area contributed by atoms with Gasteiger partial charge in [0.05, 0.1) is 0 Å². The van der Waals surface area contributed by atoms with Crippen molar-refractivity contribution in [2.45, 2.75) is 166 Å². The van der Waals surface area contributed by atoms with Gasteiger partial charge in [-0.2, -0.15) is 0 Å². The first-order valence-electron chi connectivity index (χ1n) is 21.2. The van der Waals surface area contributed by atoms with E-state index < -0.39 is 14.2 Å². The Morgan fingerprint density at radius 2 is 0.961 bits per heavy atom. The molecule has 0 saturated carbocycles. The first-order valence-corrected chi connectivity index (χ1v) is 44.2. The van der Waals surface area contributed by atoms with Gasteiger partial charge in [0.25, 0.3) is 0 Å². The van der Waals surface area contributed by atoms with Gasteiger partial charge in [0.15, 0.2) is 0 Å². The first-order chi connectivity index (χ1) is 23.9. The second-order valence-electron chi connectivity index (χ2n) is 20.3. The molecule has 0 spiro atoms.